The summed E-state index contributed by atoms with van der Waals surface area (Å²) in [7, 11) is 0. The fourth-order valence-electron chi connectivity index (χ4n) is 2.26. The maximum atomic E-state index is 12.2. The summed E-state index contributed by atoms with van der Waals surface area (Å²) in [6, 6.07) is -0.600. The Morgan fingerprint density at radius 2 is 1.78 bits per heavy atom. The van der Waals surface area contributed by atoms with Gasteiger partial charge in [0, 0.05) is 6.54 Å². The molecule has 7 nitrogen and oxygen atoms in total. The number of carbonyl (C=O) groups is 3. The number of aliphatic carboxylic acids is 1. The second-order valence-electron chi connectivity index (χ2n) is 6.86. The van der Waals surface area contributed by atoms with Crippen LogP contribution in [-0.4, -0.2) is 47.7 Å². The Hall–Kier alpha value is -1.63. The molecule has 0 aromatic heterocycles. The fourth-order valence-corrected chi connectivity index (χ4v) is 2.26. The Labute approximate surface area is 137 Å². The summed E-state index contributed by atoms with van der Waals surface area (Å²) < 4.78 is 4.90. The lowest BCUT2D eigenvalue weighted by atomic mass is 10.0. The lowest BCUT2D eigenvalue weighted by Crippen LogP contribution is -2.48. The number of epoxide rings is 1. The first-order chi connectivity index (χ1) is 10.7. The van der Waals surface area contributed by atoms with Crippen molar-refractivity contribution >= 4 is 17.8 Å². The molecule has 0 aromatic rings. The first-order valence-electron chi connectivity index (χ1n) is 8.16. The van der Waals surface area contributed by atoms with Gasteiger partial charge in [-0.3, -0.25) is 9.59 Å². The molecule has 3 atom stereocenters. The van der Waals surface area contributed by atoms with Gasteiger partial charge in [0.25, 0.3) is 0 Å². The molecule has 1 rings (SSSR count). The molecule has 3 N–H and O–H groups in total. The van der Waals surface area contributed by atoms with E-state index < -0.39 is 24.2 Å². The normalized spacial score (nSPS) is 21.1. The first-order valence-corrected chi connectivity index (χ1v) is 8.16. The molecule has 0 aromatic carbocycles. The molecule has 1 fully saturated rings. The maximum absolute atomic E-state index is 12.2. The van der Waals surface area contributed by atoms with Crippen molar-refractivity contribution in [2.24, 2.45) is 11.8 Å². The van der Waals surface area contributed by atoms with Crippen LogP contribution in [0.3, 0.4) is 0 Å². The highest BCUT2D eigenvalue weighted by Crippen LogP contribution is 2.25. The number of ether oxygens (including phenoxy) is 1. The highest BCUT2D eigenvalue weighted by Gasteiger charge is 2.46. The summed E-state index contributed by atoms with van der Waals surface area (Å²) in [6.07, 6.45) is -0.109. The molecule has 2 amide bonds. The standard InChI is InChI=1S/C16H28N2O5/c1-9(2)5-6-17-15(20)11(7-10(3)4)18-13(19)8-12-14(23-12)16(21)22/h9-12,14H,5-8H2,1-4H3,(H,17,20)(H,18,19)(H,21,22)/t11-,12+,14-/m0/s1. The highest BCUT2D eigenvalue weighted by molar-refractivity contribution is 5.88. The van der Waals surface area contributed by atoms with Gasteiger partial charge in [0.05, 0.1) is 6.42 Å². The first kappa shape index (κ1) is 19.4. The second-order valence-corrected chi connectivity index (χ2v) is 6.86. The minimum Gasteiger partial charge on any atom is -0.479 e. The van der Waals surface area contributed by atoms with E-state index in [9.17, 15) is 14.4 Å². The second kappa shape index (κ2) is 8.86. The van der Waals surface area contributed by atoms with Crippen molar-refractivity contribution in [2.45, 2.75) is 65.2 Å². The predicted molar refractivity (Wildman–Crippen MR) is 84.8 cm³/mol. The van der Waals surface area contributed by atoms with Crippen molar-refractivity contribution in [3.8, 4) is 0 Å². The van der Waals surface area contributed by atoms with Gasteiger partial charge in [-0.15, -0.1) is 0 Å². The summed E-state index contributed by atoms with van der Waals surface area (Å²) in [5.74, 6) is -0.871. The quantitative estimate of drug-likeness (QED) is 0.517. The molecule has 1 heterocycles. The van der Waals surface area contributed by atoms with Crippen molar-refractivity contribution in [1.82, 2.24) is 10.6 Å². The SMILES string of the molecule is CC(C)CCNC(=O)[C@H](CC(C)C)NC(=O)C[C@H]1O[C@@H]1C(=O)O. The Kier molecular flexibility index (Phi) is 7.48. The number of carboxylic acid groups (broad SMARTS) is 1. The minimum atomic E-state index is -1.06. The maximum Gasteiger partial charge on any atom is 0.335 e. The third-order valence-electron chi connectivity index (χ3n) is 3.59. The van der Waals surface area contributed by atoms with Gasteiger partial charge in [-0.1, -0.05) is 27.7 Å². The molecule has 132 valence electrons. The van der Waals surface area contributed by atoms with E-state index >= 15 is 0 Å². The van der Waals surface area contributed by atoms with Crippen LogP contribution in [0.15, 0.2) is 0 Å². The number of carboxylic acids is 1. The average molecular weight is 328 g/mol. The molecule has 0 radical (unpaired) electrons. The molecule has 1 aliphatic heterocycles. The van der Waals surface area contributed by atoms with Gasteiger partial charge in [0.15, 0.2) is 6.10 Å². The van der Waals surface area contributed by atoms with Crippen molar-refractivity contribution in [3.05, 3.63) is 0 Å². The van der Waals surface area contributed by atoms with Crippen molar-refractivity contribution in [2.75, 3.05) is 6.54 Å². The molecular weight excluding hydrogens is 300 g/mol. The highest BCUT2D eigenvalue weighted by atomic mass is 16.6. The van der Waals surface area contributed by atoms with E-state index in [-0.39, 0.29) is 24.2 Å². The van der Waals surface area contributed by atoms with E-state index in [1.165, 1.54) is 0 Å². The summed E-state index contributed by atoms with van der Waals surface area (Å²) in [5, 5.41) is 14.3. The van der Waals surface area contributed by atoms with E-state index in [0.717, 1.165) is 6.42 Å². The van der Waals surface area contributed by atoms with Gasteiger partial charge in [-0.25, -0.2) is 4.79 Å². The topological polar surface area (TPSA) is 108 Å². The number of rotatable bonds is 10. The number of carbonyl (C=O) groups excluding carboxylic acids is 2. The minimum absolute atomic E-state index is 0.0369. The van der Waals surface area contributed by atoms with E-state index in [4.69, 9.17) is 9.84 Å². The van der Waals surface area contributed by atoms with Crippen molar-refractivity contribution in [3.63, 3.8) is 0 Å². The van der Waals surface area contributed by atoms with Gasteiger partial charge in [-0.2, -0.15) is 0 Å². The fraction of sp³-hybridized carbons (Fsp3) is 0.812. The van der Waals surface area contributed by atoms with Crippen LogP contribution in [0.25, 0.3) is 0 Å². The number of nitrogens with one attached hydrogen (secondary N) is 2. The van der Waals surface area contributed by atoms with Gasteiger partial charge < -0.3 is 20.5 Å². The van der Waals surface area contributed by atoms with Gasteiger partial charge in [0.1, 0.15) is 12.1 Å². The zero-order valence-corrected chi connectivity index (χ0v) is 14.3. The van der Waals surface area contributed by atoms with Crippen LogP contribution in [-0.2, 0) is 19.1 Å². The number of hydrogen-bond acceptors (Lipinski definition) is 4. The van der Waals surface area contributed by atoms with Crippen LogP contribution in [0, 0.1) is 11.8 Å². The van der Waals surface area contributed by atoms with Crippen molar-refractivity contribution < 1.29 is 24.2 Å². The summed E-state index contributed by atoms with van der Waals surface area (Å²) in [6.45, 7) is 8.69. The lowest BCUT2D eigenvalue weighted by molar-refractivity contribution is -0.138. The van der Waals surface area contributed by atoms with Gasteiger partial charge >= 0.3 is 5.97 Å². The van der Waals surface area contributed by atoms with Crippen LogP contribution in [0.1, 0.15) is 47.0 Å². The van der Waals surface area contributed by atoms with Crippen LogP contribution >= 0.6 is 0 Å². The molecule has 1 aliphatic rings. The largest absolute Gasteiger partial charge is 0.479 e. The molecular formula is C16H28N2O5. The van der Waals surface area contributed by atoms with Crippen LogP contribution in [0.5, 0.6) is 0 Å². The Balaban J connectivity index is 2.45. The lowest BCUT2D eigenvalue weighted by Gasteiger charge is -2.20. The molecule has 0 saturated carbocycles. The van der Waals surface area contributed by atoms with E-state index in [1.807, 2.05) is 13.8 Å². The Bertz CT molecular complexity index is 436. The zero-order chi connectivity index (χ0) is 17.6. The molecule has 0 unspecified atom stereocenters. The van der Waals surface area contributed by atoms with Crippen LogP contribution < -0.4 is 10.6 Å². The number of amides is 2. The molecule has 7 heteroatoms. The van der Waals surface area contributed by atoms with Crippen LogP contribution in [0.4, 0.5) is 0 Å². The van der Waals surface area contributed by atoms with E-state index in [2.05, 4.69) is 24.5 Å². The average Bonchev–Trinajstić information content (AvgIpc) is 3.16. The third-order valence-corrected chi connectivity index (χ3v) is 3.59. The summed E-state index contributed by atoms with van der Waals surface area (Å²) in [5.41, 5.74) is 0. The van der Waals surface area contributed by atoms with Crippen molar-refractivity contribution in [1.29, 1.82) is 0 Å². The molecule has 0 spiro atoms. The van der Waals surface area contributed by atoms with Gasteiger partial charge in [-0.05, 0) is 24.7 Å². The predicted octanol–water partition coefficient (Wildman–Crippen LogP) is 0.922. The molecule has 23 heavy (non-hydrogen) atoms. The Morgan fingerprint density at radius 1 is 1.13 bits per heavy atom. The molecule has 0 bridgehead atoms. The van der Waals surface area contributed by atoms with Gasteiger partial charge in [0.2, 0.25) is 11.8 Å². The van der Waals surface area contributed by atoms with E-state index in [1.54, 1.807) is 0 Å². The Morgan fingerprint density at radius 3 is 2.26 bits per heavy atom. The number of hydrogen-bond donors (Lipinski definition) is 3. The zero-order valence-electron chi connectivity index (χ0n) is 14.3. The summed E-state index contributed by atoms with van der Waals surface area (Å²) >= 11 is 0. The summed E-state index contributed by atoms with van der Waals surface area (Å²) in [4.78, 5) is 34.9. The van der Waals surface area contributed by atoms with E-state index in [0.29, 0.717) is 18.9 Å². The van der Waals surface area contributed by atoms with Crippen LogP contribution in [0.2, 0.25) is 0 Å². The molecule has 0 aliphatic carbocycles. The molecule has 1 saturated heterocycles. The monoisotopic (exact) mass is 328 g/mol. The third kappa shape index (κ3) is 7.45. The smallest absolute Gasteiger partial charge is 0.335 e.